The van der Waals surface area contributed by atoms with Crippen molar-refractivity contribution in [3.05, 3.63) is 59.2 Å². The number of carbonyl (C=O) groups excluding carboxylic acids is 1. The van der Waals surface area contributed by atoms with Crippen LogP contribution in [-0.4, -0.2) is 37.6 Å². The first-order valence-electron chi connectivity index (χ1n) is 9.40. The zero-order valence-electron chi connectivity index (χ0n) is 16.7. The molecule has 2 aromatic carbocycles. The number of hydrogen-bond acceptors (Lipinski definition) is 4. The summed E-state index contributed by atoms with van der Waals surface area (Å²) in [5.41, 5.74) is 3.43. The Morgan fingerprint density at radius 3 is 2.30 bits per heavy atom. The number of amides is 1. The SMILES string of the molecule is CCN(CC)Cc1ccc(CNC(=O)COc2ccc(C)cc2OC)cc1. The molecule has 2 aromatic rings. The van der Waals surface area contributed by atoms with E-state index in [1.807, 2.05) is 25.1 Å². The Labute approximate surface area is 162 Å². The molecule has 0 saturated carbocycles. The summed E-state index contributed by atoms with van der Waals surface area (Å²) in [7, 11) is 1.59. The van der Waals surface area contributed by atoms with Crippen LogP contribution >= 0.6 is 0 Å². The zero-order valence-corrected chi connectivity index (χ0v) is 16.7. The van der Waals surface area contributed by atoms with Crippen molar-refractivity contribution in [3.8, 4) is 11.5 Å². The van der Waals surface area contributed by atoms with Gasteiger partial charge >= 0.3 is 0 Å². The van der Waals surface area contributed by atoms with Gasteiger partial charge in [0.1, 0.15) is 0 Å². The second-order valence-corrected chi connectivity index (χ2v) is 6.50. The highest BCUT2D eigenvalue weighted by Gasteiger charge is 2.08. The van der Waals surface area contributed by atoms with Crippen LogP contribution in [0.5, 0.6) is 11.5 Å². The average molecular weight is 370 g/mol. The number of benzene rings is 2. The van der Waals surface area contributed by atoms with E-state index in [9.17, 15) is 4.79 Å². The molecule has 5 heteroatoms. The van der Waals surface area contributed by atoms with Crippen molar-refractivity contribution < 1.29 is 14.3 Å². The van der Waals surface area contributed by atoms with Crippen LogP contribution in [0.2, 0.25) is 0 Å². The van der Waals surface area contributed by atoms with Crippen LogP contribution in [0.25, 0.3) is 0 Å². The van der Waals surface area contributed by atoms with Gasteiger partial charge in [0, 0.05) is 13.1 Å². The Hall–Kier alpha value is -2.53. The lowest BCUT2D eigenvalue weighted by molar-refractivity contribution is -0.123. The van der Waals surface area contributed by atoms with Crippen molar-refractivity contribution in [3.63, 3.8) is 0 Å². The van der Waals surface area contributed by atoms with Crippen LogP contribution in [-0.2, 0) is 17.9 Å². The first-order valence-corrected chi connectivity index (χ1v) is 9.40. The van der Waals surface area contributed by atoms with Gasteiger partial charge in [0.15, 0.2) is 18.1 Å². The van der Waals surface area contributed by atoms with E-state index >= 15 is 0 Å². The summed E-state index contributed by atoms with van der Waals surface area (Å²) in [5, 5.41) is 2.89. The smallest absolute Gasteiger partial charge is 0.258 e. The molecule has 0 fully saturated rings. The number of aryl methyl sites for hydroxylation is 1. The van der Waals surface area contributed by atoms with Gasteiger partial charge in [-0.1, -0.05) is 44.2 Å². The summed E-state index contributed by atoms with van der Waals surface area (Å²) < 4.78 is 10.9. The minimum atomic E-state index is -0.162. The number of rotatable bonds is 10. The average Bonchev–Trinajstić information content (AvgIpc) is 2.70. The second kappa shape index (κ2) is 10.6. The summed E-state index contributed by atoms with van der Waals surface area (Å²) in [6.07, 6.45) is 0. The van der Waals surface area contributed by atoms with Crippen molar-refractivity contribution >= 4 is 5.91 Å². The molecule has 5 nitrogen and oxygen atoms in total. The van der Waals surface area contributed by atoms with E-state index in [0.29, 0.717) is 18.0 Å². The topological polar surface area (TPSA) is 50.8 Å². The Bertz CT molecular complexity index is 725. The zero-order chi connectivity index (χ0) is 19.6. The Kier molecular flexibility index (Phi) is 8.14. The molecule has 1 amide bonds. The maximum Gasteiger partial charge on any atom is 0.258 e. The maximum atomic E-state index is 12.1. The van der Waals surface area contributed by atoms with Crippen LogP contribution in [0.3, 0.4) is 0 Å². The van der Waals surface area contributed by atoms with Gasteiger partial charge in [-0.2, -0.15) is 0 Å². The third kappa shape index (κ3) is 6.61. The van der Waals surface area contributed by atoms with E-state index in [0.717, 1.165) is 30.8 Å². The molecule has 0 heterocycles. The van der Waals surface area contributed by atoms with Crippen LogP contribution in [0.1, 0.15) is 30.5 Å². The van der Waals surface area contributed by atoms with Gasteiger partial charge in [0.05, 0.1) is 7.11 Å². The predicted octanol–water partition coefficient (Wildman–Crippen LogP) is 3.54. The molecule has 0 aromatic heterocycles. The van der Waals surface area contributed by atoms with Crippen molar-refractivity contribution in [1.29, 1.82) is 0 Å². The molecule has 0 spiro atoms. The number of methoxy groups -OCH3 is 1. The highest BCUT2D eigenvalue weighted by molar-refractivity contribution is 5.77. The minimum absolute atomic E-state index is 0.0422. The molecule has 0 atom stereocenters. The minimum Gasteiger partial charge on any atom is -0.493 e. The standard InChI is InChI=1S/C22H30N2O3/c1-5-24(6-2)15-19-10-8-18(9-11-19)14-23-22(25)16-27-20-12-7-17(3)13-21(20)26-4/h7-13H,5-6,14-16H2,1-4H3,(H,23,25). The van der Waals surface area contributed by atoms with E-state index in [4.69, 9.17) is 9.47 Å². The predicted molar refractivity (Wildman–Crippen MR) is 108 cm³/mol. The van der Waals surface area contributed by atoms with E-state index in [1.165, 1.54) is 5.56 Å². The quantitative estimate of drug-likeness (QED) is 0.695. The summed E-state index contributed by atoms with van der Waals surface area (Å²) >= 11 is 0. The highest BCUT2D eigenvalue weighted by Crippen LogP contribution is 2.27. The molecule has 0 saturated heterocycles. The Morgan fingerprint density at radius 2 is 1.67 bits per heavy atom. The van der Waals surface area contributed by atoms with Crippen molar-refractivity contribution in [2.45, 2.75) is 33.9 Å². The summed E-state index contributed by atoms with van der Waals surface area (Å²) in [4.78, 5) is 14.4. The van der Waals surface area contributed by atoms with Crippen molar-refractivity contribution in [1.82, 2.24) is 10.2 Å². The van der Waals surface area contributed by atoms with Gasteiger partial charge < -0.3 is 14.8 Å². The third-order valence-corrected chi connectivity index (χ3v) is 4.49. The van der Waals surface area contributed by atoms with Crippen molar-refractivity contribution in [2.24, 2.45) is 0 Å². The number of carbonyl (C=O) groups is 1. The van der Waals surface area contributed by atoms with Gasteiger partial charge in [0.2, 0.25) is 0 Å². The van der Waals surface area contributed by atoms with Crippen LogP contribution in [0.4, 0.5) is 0 Å². The molecular formula is C22H30N2O3. The molecule has 27 heavy (non-hydrogen) atoms. The van der Waals surface area contributed by atoms with Gasteiger partial charge in [0.25, 0.3) is 5.91 Å². The lowest BCUT2D eigenvalue weighted by Gasteiger charge is -2.18. The van der Waals surface area contributed by atoms with Gasteiger partial charge in [-0.3, -0.25) is 9.69 Å². The molecule has 0 aliphatic rings. The van der Waals surface area contributed by atoms with E-state index in [2.05, 4.69) is 48.3 Å². The summed E-state index contributed by atoms with van der Waals surface area (Å²) in [5.74, 6) is 1.04. The monoisotopic (exact) mass is 370 g/mol. The molecule has 0 aliphatic carbocycles. The Morgan fingerprint density at radius 1 is 1.00 bits per heavy atom. The molecular weight excluding hydrogens is 340 g/mol. The summed E-state index contributed by atoms with van der Waals surface area (Å²) in [6.45, 7) is 9.79. The fraction of sp³-hybridized carbons (Fsp3) is 0.409. The highest BCUT2D eigenvalue weighted by atomic mass is 16.5. The maximum absolute atomic E-state index is 12.1. The fourth-order valence-electron chi connectivity index (χ4n) is 2.76. The van der Waals surface area contributed by atoms with Crippen LogP contribution < -0.4 is 14.8 Å². The lowest BCUT2D eigenvalue weighted by atomic mass is 10.1. The van der Waals surface area contributed by atoms with Crippen LogP contribution in [0, 0.1) is 6.92 Å². The molecule has 0 unspecified atom stereocenters. The van der Waals surface area contributed by atoms with E-state index < -0.39 is 0 Å². The van der Waals surface area contributed by atoms with E-state index in [-0.39, 0.29) is 12.5 Å². The number of nitrogens with one attached hydrogen (secondary N) is 1. The number of nitrogens with zero attached hydrogens (tertiary/aromatic N) is 1. The lowest BCUT2D eigenvalue weighted by Crippen LogP contribution is -2.28. The van der Waals surface area contributed by atoms with E-state index in [1.54, 1.807) is 7.11 Å². The molecule has 0 aliphatic heterocycles. The van der Waals surface area contributed by atoms with Crippen molar-refractivity contribution in [2.75, 3.05) is 26.8 Å². The first-order chi connectivity index (χ1) is 13.0. The van der Waals surface area contributed by atoms with Gasteiger partial charge in [-0.15, -0.1) is 0 Å². The molecule has 1 N–H and O–H groups in total. The normalized spacial score (nSPS) is 10.7. The van der Waals surface area contributed by atoms with Gasteiger partial charge in [-0.05, 0) is 48.8 Å². The first kappa shape index (κ1) is 20.8. The molecule has 2 rings (SSSR count). The fourth-order valence-corrected chi connectivity index (χ4v) is 2.76. The largest absolute Gasteiger partial charge is 0.493 e. The summed E-state index contributed by atoms with van der Waals surface area (Å²) in [6, 6.07) is 14.0. The molecule has 146 valence electrons. The Balaban J connectivity index is 1.80. The number of hydrogen-bond donors (Lipinski definition) is 1. The molecule has 0 radical (unpaired) electrons. The number of ether oxygens (including phenoxy) is 2. The third-order valence-electron chi connectivity index (χ3n) is 4.49. The van der Waals surface area contributed by atoms with Gasteiger partial charge in [-0.25, -0.2) is 0 Å². The molecule has 0 bridgehead atoms. The van der Waals surface area contributed by atoms with Crippen LogP contribution in [0.15, 0.2) is 42.5 Å². The second-order valence-electron chi connectivity index (χ2n) is 6.50.